The van der Waals surface area contributed by atoms with Gasteiger partial charge in [0.25, 0.3) is 5.91 Å². The quantitative estimate of drug-likeness (QED) is 0.356. The summed E-state index contributed by atoms with van der Waals surface area (Å²) in [5.41, 5.74) is 4.00. The molecule has 0 saturated heterocycles. The van der Waals surface area contributed by atoms with Crippen LogP contribution in [0.4, 0.5) is 17.2 Å². The first-order valence-corrected chi connectivity index (χ1v) is 9.67. The molecule has 0 aliphatic rings. The van der Waals surface area contributed by atoms with Crippen molar-refractivity contribution in [3.05, 3.63) is 88.5 Å². The number of carbonyl (C=O) groups excluding carboxylic acids is 1. The Kier molecular flexibility index (Phi) is 4.44. The number of H-pyrrole nitrogens is 2. The van der Waals surface area contributed by atoms with Gasteiger partial charge in [-0.1, -0.05) is 6.07 Å². The van der Waals surface area contributed by atoms with Gasteiger partial charge in [-0.2, -0.15) is 5.10 Å². The summed E-state index contributed by atoms with van der Waals surface area (Å²) in [5.74, 6) is 0.122. The number of aromatic amines is 2. The van der Waals surface area contributed by atoms with Crippen molar-refractivity contribution in [1.29, 1.82) is 0 Å². The molecule has 0 aliphatic heterocycles. The molecular weight excluding hydrogens is 392 g/mol. The number of aromatic nitrogens is 4. The molecule has 0 bridgehead atoms. The number of amides is 1. The summed E-state index contributed by atoms with van der Waals surface area (Å²) >= 11 is 0. The third-order valence-corrected chi connectivity index (χ3v) is 5.06. The molecule has 152 valence electrons. The molecule has 4 N–H and O–H groups in total. The Bertz CT molecular complexity index is 1500. The summed E-state index contributed by atoms with van der Waals surface area (Å²) in [6.07, 6.45) is 3.37. The van der Waals surface area contributed by atoms with E-state index in [1.54, 1.807) is 42.7 Å². The van der Waals surface area contributed by atoms with Crippen molar-refractivity contribution < 1.29 is 4.79 Å². The average Bonchev–Trinajstić information content (AvgIpc) is 3.21. The molecule has 1 amide bonds. The number of hydrogen-bond donors (Lipinski definition) is 4. The van der Waals surface area contributed by atoms with Gasteiger partial charge in [0.15, 0.2) is 0 Å². The first-order valence-electron chi connectivity index (χ1n) is 9.67. The predicted molar refractivity (Wildman–Crippen MR) is 121 cm³/mol. The fourth-order valence-corrected chi connectivity index (χ4v) is 3.55. The summed E-state index contributed by atoms with van der Waals surface area (Å²) in [4.78, 5) is 31.9. The van der Waals surface area contributed by atoms with Crippen LogP contribution in [-0.4, -0.2) is 26.1 Å². The van der Waals surface area contributed by atoms with Gasteiger partial charge >= 0.3 is 0 Å². The minimum absolute atomic E-state index is 0.179. The first kappa shape index (κ1) is 18.6. The van der Waals surface area contributed by atoms with Crippen LogP contribution in [0.1, 0.15) is 15.9 Å². The van der Waals surface area contributed by atoms with Crippen LogP contribution in [0.2, 0.25) is 0 Å². The Morgan fingerprint density at radius 1 is 1.00 bits per heavy atom. The topological polar surface area (TPSA) is 116 Å². The lowest BCUT2D eigenvalue weighted by molar-refractivity contribution is 0.102. The van der Waals surface area contributed by atoms with Gasteiger partial charge in [-0.05, 0) is 55.0 Å². The Morgan fingerprint density at radius 2 is 1.84 bits per heavy atom. The second kappa shape index (κ2) is 7.42. The predicted octanol–water partition coefficient (Wildman–Crippen LogP) is 4.10. The molecule has 8 heteroatoms. The van der Waals surface area contributed by atoms with Crippen molar-refractivity contribution in [1.82, 2.24) is 20.2 Å². The van der Waals surface area contributed by atoms with E-state index in [2.05, 4.69) is 30.8 Å². The fourth-order valence-electron chi connectivity index (χ4n) is 3.55. The molecule has 3 heterocycles. The highest BCUT2D eigenvalue weighted by Crippen LogP contribution is 2.24. The molecule has 3 aromatic heterocycles. The molecule has 0 saturated carbocycles. The highest BCUT2D eigenvalue weighted by Gasteiger charge is 2.14. The Balaban J connectivity index is 1.43. The third-order valence-electron chi connectivity index (χ3n) is 5.06. The fraction of sp³-hybridized carbons (Fsp3) is 0.0435. The molecule has 5 aromatic rings. The van der Waals surface area contributed by atoms with Crippen molar-refractivity contribution in [2.75, 3.05) is 10.6 Å². The van der Waals surface area contributed by atoms with Crippen LogP contribution in [0.5, 0.6) is 0 Å². The lowest BCUT2D eigenvalue weighted by Gasteiger charge is -2.12. The van der Waals surface area contributed by atoms with Crippen LogP contribution in [0, 0.1) is 6.92 Å². The van der Waals surface area contributed by atoms with E-state index in [-0.39, 0.29) is 11.5 Å². The van der Waals surface area contributed by atoms with E-state index in [4.69, 9.17) is 0 Å². The molecule has 0 unspecified atom stereocenters. The molecule has 0 spiro atoms. The Morgan fingerprint density at radius 3 is 2.74 bits per heavy atom. The smallest absolute Gasteiger partial charge is 0.259 e. The highest BCUT2D eigenvalue weighted by molar-refractivity contribution is 6.08. The largest absolute Gasteiger partial charge is 0.340 e. The Hall–Kier alpha value is -4.46. The highest BCUT2D eigenvalue weighted by atomic mass is 16.1. The number of aryl methyl sites for hydroxylation is 1. The second-order valence-electron chi connectivity index (χ2n) is 7.23. The maximum Gasteiger partial charge on any atom is 0.259 e. The van der Waals surface area contributed by atoms with Gasteiger partial charge < -0.3 is 15.6 Å². The number of pyridine rings is 2. The molecule has 5 rings (SSSR count). The molecule has 31 heavy (non-hydrogen) atoms. The van der Waals surface area contributed by atoms with Gasteiger partial charge in [-0.3, -0.25) is 14.7 Å². The number of rotatable bonds is 4. The van der Waals surface area contributed by atoms with E-state index in [1.807, 2.05) is 31.2 Å². The van der Waals surface area contributed by atoms with Gasteiger partial charge in [0.2, 0.25) is 5.56 Å². The van der Waals surface area contributed by atoms with Crippen LogP contribution in [0.3, 0.4) is 0 Å². The summed E-state index contributed by atoms with van der Waals surface area (Å²) in [6, 6.07) is 16.1. The first-order chi connectivity index (χ1) is 15.1. The number of fused-ring (bicyclic) bond motifs is 2. The number of anilines is 3. The Labute approximate surface area is 176 Å². The SMILES string of the molecule is Cc1cc(=O)[nH]c2cc(NC(=O)c3cccnc3Nc3ccc4cn[nH]c4c3)ccc12. The van der Waals surface area contributed by atoms with Crippen molar-refractivity contribution >= 4 is 44.9 Å². The van der Waals surface area contributed by atoms with Gasteiger partial charge in [0.05, 0.1) is 22.8 Å². The lowest BCUT2D eigenvalue weighted by Crippen LogP contribution is -2.15. The van der Waals surface area contributed by atoms with Crippen LogP contribution in [0.15, 0.2) is 71.8 Å². The summed E-state index contributed by atoms with van der Waals surface area (Å²) in [5, 5.41) is 14.9. The van der Waals surface area contributed by atoms with Crippen LogP contribution in [-0.2, 0) is 0 Å². The zero-order valence-corrected chi connectivity index (χ0v) is 16.6. The number of nitrogens with one attached hydrogen (secondary N) is 4. The second-order valence-corrected chi connectivity index (χ2v) is 7.23. The minimum Gasteiger partial charge on any atom is -0.340 e. The van der Waals surface area contributed by atoms with Crippen LogP contribution < -0.4 is 16.2 Å². The lowest BCUT2D eigenvalue weighted by atomic mass is 10.1. The molecule has 0 atom stereocenters. The van der Waals surface area contributed by atoms with Crippen molar-refractivity contribution in [3.63, 3.8) is 0 Å². The van der Waals surface area contributed by atoms with E-state index in [0.29, 0.717) is 22.6 Å². The molecular formula is C23H18N6O2. The zero-order chi connectivity index (χ0) is 21.4. The van der Waals surface area contributed by atoms with Crippen LogP contribution >= 0.6 is 0 Å². The summed E-state index contributed by atoms with van der Waals surface area (Å²) in [6.45, 7) is 1.88. The van der Waals surface area contributed by atoms with E-state index in [1.165, 1.54) is 0 Å². The number of carbonyl (C=O) groups is 1. The summed E-state index contributed by atoms with van der Waals surface area (Å²) < 4.78 is 0. The number of benzene rings is 2. The van der Waals surface area contributed by atoms with Gasteiger partial charge in [0.1, 0.15) is 5.82 Å². The van der Waals surface area contributed by atoms with Crippen molar-refractivity contribution in [3.8, 4) is 0 Å². The molecule has 0 aliphatic carbocycles. The van der Waals surface area contributed by atoms with Crippen molar-refractivity contribution in [2.45, 2.75) is 6.92 Å². The van der Waals surface area contributed by atoms with Crippen LogP contribution in [0.25, 0.3) is 21.8 Å². The van der Waals surface area contributed by atoms with Gasteiger partial charge in [-0.15, -0.1) is 0 Å². The average molecular weight is 410 g/mol. The molecule has 2 aromatic carbocycles. The molecule has 8 nitrogen and oxygen atoms in total. The van der Waals surface area contributed by atoms with E-state index < -0.39 is 0 Å². The maximum atomic E-state index is 13.0. The van der Waals surface area contributed by atoms with E-state index in [0.717, 1.165) is 27.5 Å². The van der Waals surface area contributed by atoms with Crippen molar-refractivity contribution in [2.24, 2.45) is 0 Å². The number of hydrogen-bond acceptors (Lipinski definition) is 5. The molecule has 0 fully saturated rings. The third kappa shape index (κ3) is 3.62. The normalized spacial score (nSPS) is 11.0. The van der Waals surface area contributed by atoms with E-state index >= 15 is 0 Å². The van der Waals surface area contributed by atoms with E-state index in [9.17, 15) is 9.59 Å². The summed E-state index contributed by atoms with van der Waals surface area (Å²) in [7, 11) is 0. The maximum absolute atomic E-state index is 13.0. The standard InChI is InChI=1S/C23H18N6O2/c1-13-9-21(30)28-20-11-16(6-7-17(13)20)27-23(31)18-3-2-8-24-22(18)26-15-5-4-14-12-25-29-19(14)10-15/h2-12H,1H3,(H,24,26)(H,25,29)(H,27,31)(H,28,30). The zero-order valence-electron chi connectivity index (χ0n) is 16.6. The van der Waals surface area contributed by atoms with Gasteiger partial charge in [0, 0.05) is 34.4 Å². The molecule has 0 radical (unpaired) electrons. The van der Waals surface area contributed by atoms with Gasteiger partial charge in [-0.25, -0.2) is 4.98 Å². The monoisotopic (exact) mass is 410 g/mol. The minimum atomic E-state index is -0.312. The number of nitrogens with zero attached hydrogens (tertiary/aromatic N) is 2.